The maximum absolute atomic E-state index is 15.0. The Hall–Kier alpha value is -2.14. The third kappa shape index (κ3) is 3.41. The van der Waals surface area contributed by atoms with E-state index in [9.17, 15) is 8.78 Å². The smallest absolute Gasteiger partial charge is 0.182 e. The summed E-state index contributed by atoms with van der Waals surface area (Å²) < 4.78 is 41.8. The molecule has 1 aliphatic carbocycles. The van der Waals surface area contributed by atoms with Gasteiger partial charge in [-0.3, -0.25) is 0 Å². The SMILES string of the molecule is C=C1CC(COc2ccc3c(sc4c(F)c(OCCCC)ccc43)c2F)C1. The zero-order valence-corrected chi connectivity index (χ0v) is 16.1. The van der Waals surface area contributed by atoms with Gasteiger partial charge in [-0.1, -0.05) is 25.5 Å². The molecule has 0 amide bonds. The average molecular weight is 388 g/mol. The summed E-state index contributed by atoms with van der Waals surface area (Å²) in [5.41, 5.74) is 1.22. The maximum atomic E-state index is 15.0. The number of halogens is 2. The highest BCUT2D eigenvalue weighted by molar-refractivity contribution is 7.25. The normalized spacial score (nSPS) is 14.7. The number of ether oxygens (including phenoxy) is 2. The molecule has 0 spiro atoms. The molecule has 0 aliphatic heterocycles. The first-order valence-corrected chi connectivity index (χ1v) is 10.2. The van der Waals surface area contributed by atoms with Gasteiger partial charge < -0.3 is 9.47 Å². The minimum absolute atomic E-state index is 0.226. The highest BCUT2D eigenvalue weighted by atomic mass is 32.1. The zero-order chi connectivity index (χ0) is 19.0. The van der Waals surface area contributed by atoms with Crippen molar-refractivity contribution < 1.29 is 18.3 Å². The number of hydrogen-bond acceptors (Lipinski definition) is 3. The molecule has 0 atom stereocenters. The second-order valence-electron chi connectivity index (χ2n) is 7.15. The van der Waals surface area contributed by atoms with Crippen LogP contribution < -0.4 is 9.47 Å². The summed E-state index contributed by atoms with van der Waals surface area (Å²) in [6, 6.07) is 6.88. The van der Waals surface area contributed by atoms with E-state index in [-0.39, 0.29) is 11.5 Å². The van der Waals surface area contributed by atoms with Crippen LogP contribution in [0.15, 0.2) is 36.4 Å². The number of rotatable bonds is 7. The fraction of sp³-hybridized carbons (Fsp3) is 0.364. The Kier molecular flexibility index (Phi) is 5.04. The minimum Gasteiger partial charge on any atom is -0.490 e. The third-order valence-corrected chi connectivity index (χ3v) is 6.21. The number of fused-ring (bicyclic) bond motifs is 3. The van der Waals surface area contributed by atoms with E-state index in [2.05, 4.69) is 13.5 Å². The Balaban J connectivity index is 1.64. The van der Waals surface area contributed by atoms with Crippen LogP contribution in [0.2, 0.25) is 0 Å². The van der Waals surface area contributed by atoms with Gasteiger partial charge in [0, 0.05) is 16.7 Å². The van der Waals surface area contributed by atoms with E-state index >= 15 is 0 Å². The molecule has 0 radical (unpaired) electrons. The highest BCUT2D eigenvalue weighted by Crippen LogP contribution is 2.42. The average Bonchev–Trinajstić information content (AvgIpc) is 3.02. The molecule has 1 aliphatic rings. The number of thiophene rings is 1. The monoisotopic (exact) mass is 388 g/mol. The van der Waals surface area contributed by atoms with Gasteiger partial charge in [-0.25, -0.2) is 8.78 Å². The second kappa shape index (κ2) is 7.47. The lowest BCUT2D eigenvalue weighted by Crippen LogP contribution is -2.21. The Morgan fingerprint density at radius 3 is 2.15 bits per heavy atom. The number of unbranched alkanes of at least 4 members (excludes halogenated alkanes) is 1. The lowest BCUT2D eigenvalue weighted by Gasteiger charge is -2.28. The van der Waals surface area contributed by atoms with Gasteiger partial charge in [0.15, 0.2) is 23.1 Å². The Morgan fingerprint density at radius 2 is 1.59 bits per heavy atom. The largest absolute Gasteiger partial charge is 0.490 e. The van der Waals surface area contributed by atoms with Crippen LogP contribution in [0.4, 0.5) is 8.78 Å². The number of allylic oxidation sites excluding steroid dienone is 1. The van der Waals surface area contributed by atoms with Crippen LogP contribution in [-0.2, 0) is 0 Å². The van der Waals surface area contributed by atoms with Crippen molar-refractivity contribution in [3.63, 3.8) is 0 Å². The summed E-state index contributed by atoms with van der Waals surface area (Å²) in [6.45, 7) is 6.93. The van der Waals surface area contributed by atoms with Gasteiger partial charge in [-0.15, -0.1) is 11.3 Å². The number of hydrogen-bond donors (Lipinski definition) is 0. The van der Waals surface area contributed by atoms with E-state index in [4.69, 9.17) is 9.47 Å². The molecule has 0 unspecified atom stereocenters. The van der Waals surface area contributed by atoms with E-state index in [1.54, 1.807) is 18.2 Å². The second-order valence-corrected chi connectivity index (χ2v) is 8.17. The van der Waals surface area contributed by atoms with Gasteiger partial charge in [-0.05, 0) is 43.5 Å². The predicted molar refractivity (Wildman–Crippen MR) is 107 cm³/mol. The van der Waals surface area contributed by atoms with Crippen molar-refractivity contribution in [2.45, 2.75) is 32.6 Å². The zero-order valence-electron chi connectivity index (χ0n) is 15.3. The topological polar surface area (TPSA) is 18.5 Å². The first-order valence-electron chi connectivity index (χ1n) is 9.34. The lowest BCUT2D eigenvalue weighted by molar-refractivity contribution is 0.211. The fourth-order valence-corrected chi connectivity index (χ4v) is 4.59. The van der Waals surface area contributed by atoms with Crippen LogP contribution in [0, 0.1) is 17.6 Å². The van der Waals surface area contributed by atoms with Gasteiger partial charge >= 0.3 is 0 Å². The van der Waals surface area contributed by atoms with Gasteiger partial charge in [0.25, 0.3) is 0 Å². The van der Waals surface area contributed by atoms with Crippen LogP contribution in [0.25, 0.3) is 20.2 Å². The van der Waals surface area contributed by atoms with Gasteiger partial charge in [-0.2, -0.15) is 0 Å². The molecular weight excluding hydrogens is 366 g/mol. The Bertz CT molecular complexity index is 1000. The van der Waals surface area contributed by atoms with E-state index in [0.717, 1.165) is 37.0 Å². The lowest BCUT2D eigenvalue weighted by atomic mass is 9.82. The molecule has 1 heterocycles. The van der Waals surface area contributed by atoms with Crippen molar-refractivity contribution in [1.29, 1.82) is 0 Å². The predicted octanol–water partition coefficient (Wildman–Crippen LogP) is 6.86. The van der Waals surface area contributed by atoms with Crippen LogP contribution in [-0.4, -0.2) is 13.2 Å². The molecule has 5 heteroatoms. The molecule has 2 aromatic carbocycles. The third-order valence-electron chi connectivity index (χ3n) is 5.00. The standard InChI is InChI=1S/C22H22F2O2S/c1-3-4-9-25-17-7-5-15-16-6-8-18(26-12-14-10-13(2)11-14)20(24)22(16)27-21(15)19(17)23/h5-8,14H,2-4,9-12H2,1H3. The van der Waals surface area contributed by atoms with Gasteiger partial charge in [0.05, 0.1) is 22.6 Å². The first-order chi connectivity index (χ1) is 13.1. The summed E-state index contributed by atoms with van der Waals surface area (Å²) in [5, 5.41) is 1.41. The van der Waals surface area contributed by atoms with E-state index < -0.39 is 11.6 Å². The van der Waals surface area contributed by atoms with Crippen LogP contribution in [0.1, 0.15) is 32.6 Å². The molecule has 0 saturated heterocycles. The van der Waals surface area contributed by atoms with Crippen LogP contribution >= 0.6 is 11.3 Å². The minimum atomic E-state index is -0.417. The maximum Gasteiger partial charge on any atom is 0.182 e. The molecule has 1 fully saturated rings. The van der Waals surface area contributed by atoms with E-state index in [1.165, 1.54) is 5.57 Å². The molecular formula is C22H22F2O2S. The summed E-state index contributed by atoms with van der Waals surface area (Å²) in [5.74, 6) is 0.0330. The Labute approximate surface area is 161 Å². The van der Waals surface area contributed by atoms with E-state index in [1.807, 2.05) is 6.07 Å². The molecule has 27 heavy (non-hydrogen) atoms. The molecule has 1 aromatic heterocycles. The van der Waals surface area contributed by atoms with E-state index in [0.29, 0.717) is 39.3 Å². The number of benzene rings is 2. The summed E-state index contributed by atoms with van der Waals surface area (Å²) in [7, 11) is 0. The fourth-order valence-electron chi connectivity index (χ4n) is 3.43. The molecule has 4 rings (SSSR count). The molecule has 142 valence electrons. The first kappa shape index (κ1) is 18.2. The van der Waals surface area contributed by atoms with Crippen molar-refractivity contribution >= 4 is 31.5 Å². The van der Waals surface area contributed by atoms with Crippen molar-refractivity contribution in [2.24, 2.45) is 5.92 Å². The molecule has 1 saturated carbocycles. The Morgan fingerprint density at radius 1 is 1.00 bits per heavy atom. The quantitative estimate of drug-likeness (QED) is 0.325. The van der Waals surface area contributed by atoms with Gasteiger partial charge in [0.2, 0.25) is 0 Å². The van der Waals surface area contributed by atoms with Crippen molar-refractivity contribution in [1.82, 2.24) is 0 Å². The highest BCUT2D eigenvalue weighted by Gasteiger charge is 2.23. The molecule has 0 N–H and O–H groups in total. The van der Waals surface area contributed by atoms with Crippen molar-refractivity contribution in [2.75, 3.05) is 13.2 Å². The van der Waals surface area contributed by atoms with Crippen molar-refractivity contribution in [3.05, 3.63) is 48.1 Å². The summed E-state index contributed by atoms with van der Waals surface area (Å²) >= 11 is 1.11. The van der Waals surface area contributed by atoms with Crippen LogP contribution in [0.3, 0.4) is 0 Å². The summed E-state index contributed by atoms with van der Waals surface area (Å²) in [4.78, 5) is 0. The van der Waals surface area contributed by atoms with Crippen molar-refractivity contribution in [3.8, 4) is 11.5 Å². The summed E-state index contributed by atoms with van der Waals surface area (Å²) in [6.07, 6.45) is 3.74. The van der Waals surface area contributed by atoms with Crippen LogP contribution in [0.5, 0.6) is 11.5 Å². The molecule has 0 bridgehead atoms. The molecule has 3 aromatic rings. The molecule has 2 nitrogen and oxygen atoms in total. The van der Waals surface area contributed by atoms with Gasteiger partial charge in [0.1, 0.15) is 0 Å².